The van der Waals surface area contributed by atoms with Gasteiger partial charge in [0.05, 0.1) is 0 Å². The Labute approximate surface area is 299 Å². The molecule has 0 nitrogen and oxygen atoms in total. The van der Waals surface area contributed by atoms with E-state index in [0.717, 1.165) is 9.52 Å². The van der Waals surface area contributed by atoms with Crippen molar-refractivity contribution < 1.29 is 20.8 Å². The summed E-state index contributed by atoms with van der Waals surface area (Å²) in [6, 6.07) is 40.0. The third-order valence-corrected chi connectivity index (χ3v) is 8.78. The van der Waals surface area contributed by atoms with Crippen LogP contribution >= 0.6 is 17.0 Å². The Bertz CT molecular complexity index is 1650. The maximum atomic E-state index is 4.93. The van der Waals surface area contributed by atoms with Crippen molar-refractivity contribution in [1.29, 1.82) is 0 Å². The second kappa shape index (κ2) is 19.6. The van der Waals surface area contributed by atoms with Gasteiger partial charge in [0.25, 0.3) is 0 Å². The van der Waals surface area contributed by atoms with Gasteiger partial charge in [0.15, 0.2) is 0 Å². The first kappa shape index (κ1) is 38.2. The van der Waals surface area contributed by atoms with Gasteiger partial charge in [-0.25, -0.2) is 0 Å². The van der Waals surface area contributed by atoms with Crippen molar-refractivity contribution in [2.75, 3.05) is 0 Å². The Morgan fingerprint density at radius 3 is 1.24 bits per heavy atom. The molecule has 0 N–H and O–H groups in total. The number of hydrogen-bond acceptors (Lipinski definition) is 0. The van der Waals surface area contributed by atoms with Crippen molar-refractivity contribution in [3.8, 4) is 22.3 Å². The SMILES string of the molecule is CCC(C)c1cc2c(-c3ccccc3C)cccc2[cH-]1.CCC(C)c1cc2c(-c3ccccc3C)cccc2[cH-]1.C[Si]C.[Cl][Zr+2][Cl]. The van der Waals surface area contributed by atoms with E-state index in [4.69, 9.17) is 17.0 Å². The molecule has 6 aromatic carbocycles. The summed E-state index contributed by atoms with van der Waals surface area (Å²) in [5, 5.41) is 5.50. The van der Waals surface area contributed by atoms with Gasteiger partial charge in [0.1, 0.15) is 0 Å². The zero-order valence-corrected chi connectivity index (χ0v) is 33.7. The molecule has 238 valence electrons. The number of hydrogen-bond donors (Lipinski definition) is 0. The molecule has 0 saturated heterocycles. The molecule has 2 unspecified atom stereocenters. The summed E-state index contributed by atoms with van der Waals surface area (Å²) in [5.74, 6) is 1.26. The fraction of sp³-hybridized carbons (Fsp3) is 0.286. The molecule has 0 saturated carbocycles. The fourth-order valence-electron chi connectivity index (χ4n) is 5.78. The molecule has 0 aliphatic heterocycles. The number of rotatable bonds is 6. The minimum absolute atomic E-state index is 0.632. The Kier molecular flexibility index (Phi) is 16.3. The molecular formula is C42H48Cl2SiZr. The van der Waals surface area contributed by atoms with Gasteiger partial charge >= 0.3 is 37.9 Å². The van der Waals surface area contributed by atoms with Gasteiger partial charge < -0.3 is 0 Å². The van der Waals surface area contributed by atoms with E-state index in [1.165, 1.54) is 78.9 Å². The molecule has 2 atom stereocenters. The van der Waals surface area contributed by atoms with Crippen LogP contribution in [0.4, 0.5) is 0 Å². The number of benzene rings is 4. The van der Waals surface area contributed by atoms with Crippen LogP contribution in [0.5, 0.6) is 0 Å². The number of fused-ring (bicyclic) bond motifs is 2. The van der Waals surface area contributed by atoms with Gasteiger partial charge in [-0.15, -0.1) is 69.1 Å². The predicted molar refractivity (Wildman–Crippen MR) is 206 cm³/mol. The van der Waals surface area contributed by atoms with E-state index in [2.05, 4.69) is 164 Å². The molecule has 0 fully saturated rings. The van der Waals surface area contributed by atoms with E-state index in [-0.39, 0.29) is 0 Å². The standard InChI is InChI=1S/2C20H21.C2H6Si.2ClH.Zr/c2*1-4-14(2)17-12-16-9-7-11-19(20(16)13-17)18-10-6-5-8-15(18)3;1-3-2;;;/h2*5-14H,4H2,1-3H3;1-2H3;2*1H;/q2*-1;;;;+4/p-2. The summed E-state index contributed by atoms with van der Waals surface area (Å²) < 4.78 is 0. The molecule has 0 bridgehead atoms. The first-order valence-electron chi connectivity index (χ1n) is 16.3. The van der Waals surface area contributed by atoms with Gasteiger partial charge in [-0.2, -0.15) is 12.1 Å². The van der Waals surface area contributed by atoms with Crippen LogP contribution in [-0.2, 0) is 20.8 Å². The van der Waals surface area contributed by atoms with Gasteiger partial charge in [0, 0.05) is 9.52 Å². The molecule has 6 aromatic rings. The quantitative estimate of drug-likeness (QED) is 0.118. The average molecular weight is 743 g/mol. The van der Waals surface area contributed by atoms with Gasteiger partial charge in [0.2, 0.25) is 0 Å². The summed E-state index contributed by atoms with van der Waals surface area (Å²) in [4.78, 5) is 0. The van der Waals surface area contributed by atoms with Crippen molar-refractivity contribution in [2.24, 2.45) is 0 Å². The zero-order valence-electron chi connectivity index (χ0n) is 28.7. The van der Waals surface area contributed by atoms with Gasteiger partial charge in [-0.3, -0.25) is 0 Å². The number of halogens is 2. The summed E-state index contributed by atoms with van der Waals surface area (Å²) in [7, 11) is 11.0. The van der Waals surface area contributed by atoms with Crippen LogP contribution in [0.1, 0.15) is 74.6 Å². The van der Waals surface area contributed by atoms with E-state index < -0.39 is 20.8 Å². The molecule has 46 heavy (non-hydrogen) atoms. The monoisotopic (exact) mass is 740 g/mol. The Hall–Kier alpha value is -2.22. The van der Waals surface area contributed by atoms with Crippen LogP contribution in [0.15, 0.2) is 109 Å². The van der Waals surface area contributed by atoms with Crippen LogP contribution in [0.2, 0.25) is 13.1 Å². The van der Waals surface area contributed by atoms with Crippen molar-refractivity contribution in [1.82, 2.24) is 0 Å². The van der Waals surface area contributed by atoms with E-state index in [1.807, 2.05) is 0 Å². The molecule has 0 amide bonds. The maximum absolute atomic E-state index is 4.93. The predicted octanol–water partition coefficient (Wildman–Crippen LogP) is 14.3. The molecule has 0 aliphatic carbocycles. The first-order valence-corrected chi connectivity index (χ1v) is 24.6. The fourth-order valence-corrected chi connectivity index (χ4v) is 5.78. The molecule has 0 aliphatic rings. The Morgan fingerprint density at radius 1 is 0.587 bits per heavy atom. The second-order valence-corrected chi connectivity index (χ2v) is 16.7. The number of aryl methyl sites for hydroxylation is 2. The third kappa shape index (κ3) is 9.90. The molecule has 0 aromatic heterocycles. The molecule has 4 heteroatoms. The summed E-state index contributed by atoms with van der Waals surface area (Å²) >= 11 is -0.826. The Morgan fingerprint density at radius 2 is 0.913 bits per heavy atom. The van der Waals surface area contributed by atoms with Crippen molar-refractivity contribution in [2.45, 2.75) is 79.3 Å². The van der Waals surface area contributed by atoms with E-state index in [9.17, 15) is 0 Å². The normalized spacial score (nSPS) is 11.7. The molecule has 0 spiro atoms. The summed E-state index contributed by atoms with van der Waals surface area (Å²) in [5.41, 5.74) is 11.0. The van der Waals surface area contributed by atoms with Crippen molar-refractivity contribution in [3.05, 3.63) is 131 Å². The van der Waals surface area contributed by atoms with Crippen molar-refractivity contribution >= 4 is 48.1 Å². The van der Waals surface area contributed by atoms with Crippen LogP contribution < -0.4 is 0 Å². The van der Waals surface area contributed by atoms with Crippen LogP contribution in [0.25, 0.3) is 43.8 Å². The average Bonchev–Trinajstić information content (AvgIpc) is 3.71. The van der Waals surface area contributed by atoms with Crippen LogP contribution in [-0.4, -0.2) is 9.52 Å². The minimum atomic E-state index is -0.826. The summed E-state index contributed by atoms with van der Waals surface area (Å²) in [6.45, 7) is 17.8. The Balaban J connectivity index is 0.000000214. The van der Waals surface area contributed by atoms with E-state index in [0.29, 0.717) is 11.8 Å². The first-order chi connectivity index (χ1) is 22.2. The van der Waals surface area contributed by atoms with E-state index in [1.54, 1.807) is 0 Å². The van der Waals surface area contributed by atoms with Gasteiger partial charge in [-0.05, 0) is 47.9 Å². The summed E-state index contributed by atoms with van der Waals surface area (Å²) in [6.07, 6.45) is 2.38. The van der Waals surface area contributed by atoms with Crippen LogP contribution in [0.3, 0.4) is 0 Å². The molecule has 2 radical (unpaired) electrons. The van der Waals surface area contributed by atoms with Crippen LogP contribution in [0, 0.1) is 13.8 Å². The molecule has 0 heterocycles. The van der Waals surface area contributed by atoms with Gasteiger partial charge in [-0.1, -0.05) is 125 Å². The third-order valence-electron chi connectivity index (χ3n) is 8.78. The molecular weight excluding hydrogens is 695 g/mol. The van der Waals surface area contributed by atoms with Crippen molar-refractivity contribution in [3.63, 3.8) is 0 Å². The molecule has 6 rings (SSSR count). The topological polar surface area (TPSA) is 0 Å². The zero-order chi connectivity index (χ0) is 33.6. The second-order valence-electron chi connectivity index (χ2n) is 12.0. The van der Waals surface area contributed by atoms with E-state index >= 15 is 0 Å².